The normalized spacial score (nSPS) is 12.5. The molecule has 0 aromatic heterocycles. The van der Waals surface area contributed by atoms with Gasteiger partial charge in [0, 0.05) is 11.1 Å². The number of hydrogen-bond donors (Lipinski definition) is 1. The number of aryl methyl sites for hydroxylation is 1. The van der Waals surface area contributed by atoms with Crippen LogP contribution < -0.4 is 5.73 Å². The molecular weight excluding hydrogens is 329 g/mol. The highest BCUT2D eigenvalue weighted by Gasteiger charge is 2.13. The molecule has 0 saturated heterocycles. The third kappa shape index (κ3) is 3.35. The summed E-state index contributed by atoms with van der Waals surface area (Å²) in [6.07, 6.45) is 0.555. The van der Waals surface area contributed by atoms with Gasteiger partial charge in [0.15, 0.2) is 0 Å². The van der Waals surface area contributed by atoms with Crippen LogP contribution in [0.1, 0.15) is 22.7 Å². The topological polar surface area (TPSA) is 26.0 Å². The Bertz CT molecular complexity index is 601. The van der Waals surface area contributed by atoms with Crippen molar-refractivity contribution < 1.29 is 4.39 Å². The zero-order valence-corrected chi connectivity index (χ0v) is 12.8. The molecule has 1 nitrogen and oxygen atoms in total. The van der Waals surface area contributed by atoms with E-state index in [4.69, 9.17) is 17.3 Å². The molecule has 0 radical (unpaired) electrons. The molecule has 0 aliphatic carbocycles. The molecule has 2 aromatic rings. The second-order valence-corrected chi connectivity index (χ2v) is 5.75. The standard InChI is InChI=1S/C15H14BrClFN/c1-9-5-6-11(17)8-12(9)14(19)7-10-3-2-4-13(18)15(10)16/h2-6,8,14H,7,19H2,1H3. The molecule has 100 valence electrons. The van der Waals surface area contributed by atoms with Crippen LogP contribution in [0.2, 0.25) is 5.02 Å². The van der Waals surface area contributed by atoms with Crippen molar-refractivity contribution in [1.29, 1.82) is 0 Å². The quantitative estimate of drug-likeness (QED) is 0.852. The fourth-order valence-electron chi connectivity index (χ4n) is 2.06. The molecule has 0 heterocycles. The van der Waals surface area contributed by atoms with Crippen LogP contribution in [-0.4, -0.2) is 0 Å². The molecule has 0 bridgehead atoms. The van der Waals surface area contributed by atoms with Crippen LogP contribution in [0, 0.1) is 12.7 Å². The zero-order chi connectivity index (χ0) is 14.0. The van der Waals surface area contributed by atoms with Gasteiger partial charge < -0.3 is 5.73 Å². The number of rotatable bonds is 3. The van der Waals surface area contributed by atoms with E-state index >= 15 is 0 Å². The number of hydrogen-bond acceptors (Lipinski definition) is 1. The first-order valence-electron chi connectivity index (χ1n) is 5.93. The minimum atomic E-state index is -0.271. The van der Waals surface area contributed by atoms with E-state index in [0.29, 0.717) is 15.9 Å². The van der Waals surface area contributed by atoms with E-state index < -0.39 is 0 Å². The summed E-state index contributed by atoms with van der Waals surface area (Å²) >= 11 is 9.25. The molecular formula is C15H14BrClFN. The van der Waals surface area contributed by atoms with Crippen molar-refractivity contribution in [3.05, 3.63) is 68.4 Å². The summed E-state index contributed by atoms with van der Waals surface area (Å²) < 4.78 is 13.9. The lowest BCUT2D eigenvalue weighted by Gasteiger charge is -2.16. The van der Waals surface area contributed by atoms with Crippen molar-refractivity contribution in [1.82, 2.24) is 0 Å². The van der Waals surface area contributed by atoms with Crippen LogP contribution in [0.5, 0.6) is 0 Å². The van der Waals surface area contributed by atoms with E-state index in [2.05, 4.69) is 15.9 Å². The van der Waals surface area contributed by atoms with E-state index in [1.54, 1.807) is 6.07 Å². The minimum absolute atomic E-state index is 0.211. The van der Waals surface area contributed by atoms with Crippen LogP contribution >= 0.6 is 27.5 Å². The first-order valence-corrected chi connectivity index (χ1v) is 7.10. The molecule has 2 rings (SSSR count). The van der Waals surface area contributed by atoms with E-state index in [9.17, 15) is 4.39 Å². The molecule has 2 aromatic carbocycles. The summed E-state index contributed by atoms with van der Waals surface area (Å²) in [7, 11) is 0. The van der Waals surface area contributed by atoms with Gasteiger partial charge in [-0.2, -0.15) is 0 Å². The smallest absolute Gasteiger partial charge is 0.137 e. The summed E-state index contributed by atoms with van der Waals surface area (Å²) in [6.45, 7) is 1.99. The number of nitrogens with two attached hydrogens (primary N) is 1. The van der Waals surface area contributed by atoms with Crippen LogP contribution in [0.4, 0.5) is 4.39 Å². The summed E-state index contributed by atoms with van der Waals surface area (Å²) in [6, 6.07) is 10.4. The fraction of sp³-hybridized carbons (Fsp3) is 0.200. The second-order valence-electron chi connectivity index (χ2n) is 4.52. The maximum atomic E-state index is 13.5. The monoisotopic (exact) mass is 341 g/mol. The Kier molecular flexibility index (Phi) is 4.61. The maximum Gasteiger partial charge on any atom is 0.137 e. The van der Waals surface area contributed by atoms with Crippen LogP contribution in [0.3, 0.4) is 0 Å². The molecule has 4 heteroatoms. The number of benzene rings is 2. The Balaban J connectivity index is 2.28. The number of halogens is 3. The molecule has 1 unspecified atom stereocenters. The Labute approximate surface area is 125 Å². The lowest BCUT2D eigenvalue weighted by atomic mass is 9.96. The van der Waals surface area contributed by atoms with Crippen molar-refractivity contribution in [3.8, 4) is 0 Å². The molecule has 19 heavy (non-hydrogen) atoms. The van der Waals surface area contributed by atoms with Crippen LogP contribution in [0.15, 0.2) is 40.9 Å². The van der Waals surface area contributed by atoms with E-state index in [1.807, 2.05) is 31.2 Å². The van der Waals surface area contributed by atoms with E-state index in [0.717, 1.165) is 16.7 Å². The molecule has 0 spiro atoms. The Morgan fingerprint density at radius 2 is 2.05 bits per heavy atom. The molecule has 1 atom stereocenters. The Hall–Kier alpha value is -0.900. The summed E-state index contributed by atoms with van der Waals surface area (Å²) in [5, 5.41) is 0.661. The van der Waals surface area contributed by atoms with Crippen molar-refractivity contribution in [2.24, 2.45) is 5.73 Å². The average Bonchev–Trinajstić information content (AvgIpc) is 2.38. The van der Waals surface area contributed by atoms with Gasteiger partial charge in [-0.25, -0.2) is 4.39 Å². The molecule has 0 fully saturated rings. The Morgan fingerprint density at radius 3 is 2.79 bits per heavy atom. The molecule has 0 amide bonds. The maximum absolute atomic E-state index is 13.5. The molecule has 0 aliphatic rings. The van der Waals surface area contributed by atoms with Gasteiger partial charge in [0.25, 0.3) is 0 Å². The third-order valence-electron chi connectivity index (χ3n) is 3.11. The van der Waals surface area contributed by atoms with Crippen molar-refractivity contribution in [2.45, 2.75) is 19.4 Å². The predicted octanol–water partition coefficient (Wildman–Crippen LogP) is 4.79. The highest BCUT2D eigenvalue weighted by atomic mass is 79.9. The minimum Gasteiger partial charge on any atom is -0.324 e. The zero-order valence-electron chi connectivity index (χ0n) is 10.5. The Morgan fingerprint density at radius 1 is 1.32 bits per heavy atom. The molecule has 0 aliphatic heterocycles. The lowest BCUT2D eigenvalue weighted by molar-refractivity contribution is 0.614. The van der Waals surface area contributed by atoms with Gasteiger partial charge in [0.1, 0.15) is 5.82 Å². The van der Waals surface area contributed by atoms with Crippen LogP contribution in [-0.2, 0) is 6.42 Å². The highest BCUT2D eigenvalue weighted by Crippen LogP contribution is 2.27. The van der Waals surface area contributed by atoms with Gasteiger partial charge in [0.05, 0.1) is 4.47 Å². The van der Waals surface area contributed by atoms with Gasteiger partial charge >= 0.3 is 0 Å². The third-order valence-corrected chi connectivity index (χ3v) is 4.24. The van der Waals surface area contributed by atoms with E-state index in [-0.39, 0.29) is 11.9 Å². The van der Waals surface area contributed by atoms with Gasteiger partial charge in [-0.15, -0.1) is 0 Å². The van der Waals surface area contributed by atoms with Crippen molar-refractivity contribution in [3.63, 3.8) is 0 Å². The predicted molar refractivity (Wildman–Crippen MR) is 80.9 cm³/mol. The SMILES string of the molecule is Cc1ccc(Cl)cc1C(N)Cc1cccc(F)c1Br. The summed E-state index contributed by atoms with van der Waals surface area (Å²) in [5.74, 6) is -0.271. The first-order chi connectivity index (χ1) is 8.99. The molecule has 0 saturated carbocycles. The van der Waals surface area contributed by atoms with E-state index in [1.165, 1.54) is 6.07 Å². The second kappa shape index (κ2) is 6.04. The largest absolute Gasteiger partial charge is 0.324 e. The first kappa shape index (κ1) is 14.5. The van der Waals surface area contributed by atoms with Gasteiger partial charge in [-0.1, -0.05) is 29.8 Å². The van der Waals surface area contributed by atoms with Gasteiger partial charge in [-0.05, 0) is 64.2 Å². The highest BCUT2D eigenvalue weighted by molar-refractivity contribution is 9.10. The lowest BCUT2D eigenvalue weighted by Crippen LogP contribution is -2.15. The van der Waals surface area contributed by atoms with Crippen molar-refractivity contribution in [2.75, 3.05) is 0 Å². The van der Waals surface area contributed by atoms with Crippen molar-refractivity contribution >= 4 is 27.5 Å². The summed E-state index contributed by atoms with van der Waals surface area (Å²) in [5.41, 5.74) is 9.14. The average molecular weight is 343 g/mol. The summed E-state index contributed by atoms with van der Waals surface area (Å²) in [4.78, 5) is 0. The van der Waals surface area contributed by atoms with Crippen LogP contribution in [0.25, 0.3) is 0 Å². The molecule has 2 N–H and O–H groups in total. The van der Waals surface area contributed by atoms with Gasteiger partial charge in [0.2, 0.25) is 0 Å². The van der Waals surface area contributed by atoms with Gasteiger partial charge in [-0.3, -0.25) is 0 Å². The fourth-order valence-corrected chi connectivity index (χ4v) is 2.67.